The molecule has 34 heavy (non-hydrogen) atoms. The number of hydrogen-bond donors (Lipinski definition) is 0. The van der Waals surface area contributed by atoms with E-state index in [1.54, 1.807) is 6.92 Å². The molecule has 5 aromatic rings. The molecule has 0 radical (unpaired) electrons. The molecule has 0 spiro atoms. The van der Waals surface area contributed by atoms with Crippen LogP contribution in [-0.2, 0) is 0 Å². The van der Waals surface area contributed by atoms with Gasteiger partial charge in [0.25, 0.3) is 0 Å². The van der Waals surface area contributed by atoms with E-state index in [2.05, 4.69) is 34.2 Å². The molecule has 2 aromatic heterocycles. The fraction of sp³-hybridized carbons (Fsp3) is 0.259. The van der Waals surface area contributed by atoms with Crippen molar-refractivity contribution in [3.05, 3.63) is 66.1 Å². The van der Waals surface area contributed by atoms with Crippen molar-refractivity contribution in [2.24, 2.45) is 5.92 Å². The Hall–Kier alpha value is -4.00. The smallest absolute Gasteiger partial charge is 0.248 e. The number of nitrogens with zero attached hydrogens (tertiary/aromatic N) is 4. The van der Waals surface area contributed by atoms with Crippen LogP contribution in [0, 0.1) is 19.8 Å². The summed E-state index contributed by atoms with van der Waals surface area (Å²) < 4.78 is 17.8. The number of aromatic nitrogens is 4. The summed E-state index contributed by atoms with van der Waals surface area (Å²) in [7, 11) is 0. The molecule has 0 fully saturated rings. The second-order valence-electron chi connectivity index (χ2n) is 8.81. The van der Waals surface area contributed by atoms with Gasteiger partial charge in [0.1, 0.15) is 5.75 Å². The van der Waals surface area contributed by atoms with E-state index in [0.29, 0.717) is 36.1 Å². The Morgan fingerprint density at radius 2 is 1.41 bits per heavy atom. The lowest BCUT2D eigenvalue weighted by Gasteiger charge is -2.10. The Morgan fingerprint density at radius 3 is 2.06 bits per heavy atom. The lowest BCUT2D eigenvalue weighted by atomic mass is 9.99. The lowest BCUT2D eigenvalue weighted by molar-refractivity contribution is 0.289. The molecule has 0 N–H and O–H groups in total. The first-order chi connectivity index (χ1) is 16.5. The Labute approximate surface area is 197 Å². The van der Waals surface area contributed by atoms with Gasteiger partial charge >= 0.3 is 0 Å². The largest absolute Gasteiger partial charge is 0.494 e. The summed E-state index contributed by atoms with van der Waals surface area (Å²) in [6.45, 7) is 8.85. The van der Waals surface area contributed by atoms with E-state index in [9.17, 15) is 0 Å². The molecule has 0 aliphatic heterocycles. The molecule has 0 saturated heterocycles. The van der Waals surface area contributed by atoms with Crippen molar-refractivity contribution in [1.82, 2.24) is 20.4 Å². The Kier molecular flexibility index (Phi) is 5.84. The van der Waals surface area contributed by atoms with E-state index >= 15 is 0 Å². The molecule has 0 amide bonds. The van der Waals surface area contributed by atoms with Crippen LogP contribution in [0.2, 0.25) is 0 Å². The molecule has 0 unspecified atom stereocenters. The highest BCUT2D eigenvalue weighted by Gasteiger charge is 2.18. The Balaban J connectivity index is 1.50. The summed E-state index contributed by atoms with van der Waals surface area (Å²) in [5.41, 5.74) is 3.61. The first-order valence-corrected chi connectivity index (χ1v) is 11.4. The van der Waals surface area contributed by atoms with Gasteiger partial charge in [0, 0.05) is 23.6 Å². The fourth-order valence-corrected chi connectivity index (χ4v) is 3.89. The molecule has 0 saturated carbocycles. The fourth-order valence-electron chi connectivity index (χ4n) is 3.89. The standard InChI is InChI=1S/C27H26N4O3/c1-16(2)11-12-32-20-14-17(3)13-19(15-20)25-29-31-27(34-25)24-10-9-23(26-30-28-18(4)33-26)21-7-5-6-8-22(21)24/h5-10,13-16H,11-12H2,1-4H3. The van der Waals surface area contributed by atoms with Crippen molar-refractivity contribution in [2.45, 2.75) is 34.1 Å². The molecule has 2 heterocycles. The van der Waals surface area contributed by atoms with Gasteiger partial charge in [-0.1, -0.05) is 38.1 Å². The molecule has 3 aromatic carbocycles. The maximum Gasteiger partial charge on any atom is 0.248 e. The minimum Gasteiger partial charge on any atom is -0.494 e. The second kappa shape index (κ2) is 9.09. The Bertz CT molecular complexity index is 1450. The van der Waals surface area contributed by atoms with Gasteiger partial charge in [0.15, 0.2) is 0 Å². The highest BCUT2D eigenvalue weighted by molar-refractivity contribution is 6.02. The predicted molar refractivity (Wildman–Crippen MR) is 130 cm³/mol. The van der Waals surface area contributed by atoms with Crippen LogP contribution in [0.15, 0.2) is 63.4 Å². The van der Waals surface area contributed by atoms with Crippen molar-refractivity contribution in [2.75, 3.05) is 6.61 Å². The topological polar surface area (TPSA) is 87.1 Å². The van der Waals surface area contributed by atoms with Crippen LogP contribution in [-0.4, -0.2) is 27.0 Å². The van der Waals surface area contributed by atoms with Crippen molar-refractivity contribution in [3.63, 3.8) is 0 Å². The zero-order valence-electron chi connectivity index (χ0n) is 19.7. The normalized spacial score (nSPS) is 11.4. The molecular weight excluding hydrogens is 428 g/mol. The van der Waals surface area contributed by atoms with Crippen LogP contribution in [0.25, 0.3) is 45.1 Å². The van der Waals surface area contributed by atoms with Crippen molar-refractivity contribution < 1.29 is 13.6 Å². The SMILES string of the molecule is Cc1cc(OCCC(C)C)cc(-c2nnc(-c3ccc(-c4nnc(C)o4)c4ccccc34)o2)c1. The third-order valence-corrected chi connectivity index (χ3v) is 5.60. The van der Waals surface area contributed by atoms with Gasteiger partial charge in [0.05, 0.1) is 6.61 Å². The number of ether oxygens (including phenoxy) is 1. The summed E-state index contributed by atoms with van der Waals surface area (Å²) in [5, 5.41) is 18.8. The van der Waals surface area contributed by atoms with E-state index in [4.69, 9.17) is 13.6 Å². The van der Waals surface area contributed by atoms with E-state index in [-0.39, 0.29) is 0 Å². The summed E-state index contributed by atoms with van der Waals surface area (Å²) in [6, 6.07) is 17.9. The molecule has 0 atom stereocenters. The van der Waals surface area contributed by atoms with Gasteiger partial charge in [-0.15, -0.1) is 20.4 Å². The van der Waals surface area contributed by atoms with E-state index in [1.807, 2.05) is 61.5 Å². The van der Waals surface area contributed by atoms with Gasteiger partial charge < -0.3 is 13.6 Å². The number of aryl methyl sites for hydroxylation is 2. The van der Waals surface area contributed by atoms with Gasteiger partial charge in [-0.05, 0) is 65.9 Å². The monoisotopic (exact) mass is 454 g/mol. The number of rotatable bonds is 7. The predicted octanol–water partition coefficient (Wildman–Crippen LogP) is 6.65. The molecule has 5 rings (SSSR count). The van der Waals surface area contributed by atoms with Crippen LogP contribution >= 0.6 is 0 Å². The lowest BCUT2D eigenvalue weighted by Crippen LogP contribution is -2.01. The third kappa shape index (κ3) is 4.41. The average Bonchev–Trinajstić information content (AvgIpc) is 3.47. The molecule has 172 valence electrons. The number of fused-ring (bicyclic) bond motifs is 1. The minimum absolute atomic E-state index is 0.447. The molecular formula is C27H26N4O3. The van der Waals surface area contributed by atoms with E-state index in [1.165, 1.54) is 0 Å². The molecule has 0 aliphatic carbocycles. The van der Waals surface area contributed by atoms with E-state index < -0.39 is 0 Å². The molecule has 0 bridgehead atoms. The average molecular weight is 455 g/mol. The minimum atomic E-state index is 0.447. The van der Waals surface area contributed by atoms with Gasteiger partial charge in [-0.25, -0.2) is 0 Å². The summed E-state index contributed by atoms with van der Waals surface area (Å²) >= 11 is 0. The maximum atomic E-state index is 6.14. The molecule has 7 nitrogen and oxygen atoms in total. The highest BCUT2D eigenvalue weighted by atomic mass is 16.5. The first-order valence-electron chi connectivity index (χ1n) is 11.4. The zero-order chi connectivity index (χ0) is 23.7. The van der Waals surface area contributed by atoms with E-state index in [0.717, 1.165) is 45.2 Å². The van der Waals surface area contributed by atoms with Crippen molar-refractivity contribution in [3.8, 4) is 40.1 Å². The molecule has 0 aliphatic rings. The number of benzene rings is 3. The second-order valence-corrected chi connectivity index (χ2v) is 8.81. The molecule has 7 heteroatoms. The third-order valence-electron chi connectivity index (χ3n) is 5.60. The quantitative estimate of drug-likeness (QED) is 0.272. The number of hydrogen-bond acceptors (Lipinski definition) is 7. The zero-order valence-corrected chi connectivity index (χ0v) is 19.7. The van der Waals surface area contributed by atoms with Gasteiger partial charge in [0.2, 0.25) is 23.6 Å². The highest BCUT2D eigenvalue weighted by Crippen LogP contribution is 2.36. The summed E-state index contributed by atoms with van der Waals surface area (Å²) in [6.07, 6.45) is 1.00. The van der Waals surface area contributed by atoms with Crippen molar-refractivity contribution in [1.29, 1.82) is 0 Å². The van der Waals surface area contributed by atoms with Crippen LogP contribution < -0.4 is 4.74 Å². The maximum absolute atomic E-state index is 6.14. The first kappa shape index (κ1) is 21.8. The van der Waals surface area contributed by atoms with Crippen LogP contribution in [0.4, 0.5) is 0 Å². The summed E-state index contributed by atoms with van der Waals surface area (Å²) in [4.78, 5) is 0. The van der Waals surface area contributed by atoms with Gasteiger partial charge in [-0.2, -0.15) is 0 Å². The van der Waals surface area contributed by atoms with Crippen LogP contribution in [0.5, 0.6) is 5.75 Å². The van der Waals surface area contributed by atoms with Crippen LogP contribution in [0.1, 0.15) is 31.7 Å². The van der Waals surface area contributed by atoms with Crippen LogP contribution in [0.3, 0.4) is 0 Å². The summed E-state index contributed by atoms with van der Waals surface area (Å²) in [5.74, 6) is 3.30. The Morgan fingerprint density at radius 1 is 0.765 bits per heavy atom. The van der Waals surface area contributed by atoms with Crippen molar-refractivity contribution >= 4 is 10.8 Å². The van der Waals surface area contributed by atoms with Gasteiger partial charge in [-0.3, -0.25) is 0 Å².